The Morgan fingerprint density at radius 3 is 2.69 bits per heavy atom. The van der Waals surface area contributed by atoms with Crippen LogP contribution in [0.15, 0.2) is 36.7 Å². The summed E-state index contributed by atoms with van der Waals surface area (Å²) in [5, 5.41) is 5.04. The van der Waals surface area contributed by atoms with Gasteiger partial charge in [0.15, 0.2) is 14.0 Å². The third kappa shape index (κ3) is 3.98. The molecule has 0 spiro atoms. The molecule has 1 aliphatic rings. The van der Waals surface area contributed by atoms with Gasteiger partial charge in [0.1, 0.15) is 10.8 Å². The highest BCUT2D eigenvalue weighted by Gasteiger charge is 2.42. The highest BCUT2D eigenvalue weighted by Crippen LogP contribution is 2.44. The van der Waals surface area contributed by atoms with Gasteiger partial charge in [-0.05, 0) is 60.8 Å². The fraction of sp³-hybridized carbons (Fsp3) is 0.500. The van der Waals surface area contributed by atoms with E-state index in [1.165, 1.54) is 12.0 Å². The lowest BCUT2D eigenvalue weighted by Gasteiger charge is -2.40. The maximum absolute atomic E-state index is 6.82. The Labute approximate surface area is 178 Å². The second kappa shape index (κ2) is 7.49. The minimum Gasteiger partial charge on any atom is -0.413 e. The molecule has 0 amide bonds. The molecule has 0 radical (unpaired) electrons. The van der Waals surface area contributed by atoms with Crippen LogP contribution in [0.25, 0.3) is 17.0 Å². The van der Waals surface area contributed by atoms with Crippen LogP contribution >= 0.6 is 11.6 Å². The van der Waals surface area contributed by atoms with E-state index in [9.17, 15) is 0 Å². The molecule has 0 N–H and O–H groups in total. The van der Waals surface area contributed by atoms with E-state index in [0.29, 0.717) is 11.1 Å². The average molecular weight is 429 g/mol. The number of hydrogen-bond donors (Lipinski definition) is 0. The summed E-state index contributed by atoms with van der Waals surface area (Å²) in [6, 6.07) is 7.91. The predicted molar refractivity (Wildman–Crippen MR) is 120 cm³/mol. The topological polar surface area (TPSA) is 52.3 Å². The van der Waals surface area contributed by atoms with Crippen molar-refractivity contribution in [2.24, 2.45) is 0 Å². The van der Waals surface area contributed by atoms with Crippen molar-refractivity contribution in [1.82, 2.24) is 19.6 Å². The molecule has 1 fully saturated rings. The van der Waals surface area contributed by atoms with E-state index >= 15 is 0 Å². The molecule has 3 aromatic rings. The summed E-state index contributed by atoms with van der Waals surface area (Å²) < 4.78 is 8.57. The van der Waals surface area contributed by atoms with E-state index in [1.807, 2.05) is 18.5 Å². The number of aromatic nitrogens is 4. The molecule has 4 rings (SSSR count). The summed E-state index contributed by atoms with van der Waals surface area (Å²) in [4.78, 5) is 9.03. The summed E-state index contributed by atoms with van der Waals surface area (Å²) in [7, 11) is -1.81. The Bertz CT molecular complexity index is 1030. The van der Waals surface area contributed by atoms with E-state index in [0.717, 1.165) is 29.9 Å². The van der Waals surface area contributed by atoms with Crippen LogP contribution < -0.4 is 0 Å². The molecule has 3 aromatic heterocycles. The van der Waals surface area contributed by atoms with Crippen LogP contribution in [0.4, 0.5) is 0 Å². The Balaban J connectivity index is 1.65. The molecule has 5 nitrogen and oxygen atoms in total. The van der Waals surface area contributed by atoms with E-state index in [2.05, 4.69) is 61.1 Å². The number of imidazole rings is 1. The second-order valence-corrected chi connectivity index (χ2v) is 14.6. The third-order valence-electron chi connectivity index (χ3n) is 6.51. The van der Waals surface area contributed by atoms with Gasteiger partial charge in [0.2, 0.25) is 0 Å². The first kappa shape index (κ1) is 20.5. The van der Waals surface area contributed by atoms with Gasteiger partial charge in [-0.2, -0.15) is 5.10 Å². The lowest BCUT2D eigenvalue weighted by molar-refractivity contribution is 0.170. The number of pyridine rings is 1. The molecular formula is C22H29ClN4OSi. The number of nitrogens with zero attached hydrogens (tertiary/aromatic N) is 4. The van der Waals surface area contributed by atoms with E-state index < -0.39 is 8.32 Å². The van der Waals surface area contributed by atoms with Crippen molar-refractivity contribution in [3.8, 4) is 11.4 Å². The minimum absolute atomic E-state index is 0.213. The smallest absolute Gasteiger partial charge is 0.192 e. The first-order chi connectivity index (χ1) is 13.7. The highest BCUT2D eigenvalue weighted by atomic mass is 35.5. The maximum Gasteiger partial charge on any atom is 0.192 e. The van der Waals surface area contributed by atoms with Crippen molar-refractivity contribution < 1.29 is 4.43 Å². The van der Waals surface area contributed by atoms with Crippen LogP contribution in [-0.2, 0) is 4.43 Å². The fourth-order valence-corrected chi connectivity index (χ4v) is 5.38. The molecule has 154 valence electrons. The van der Waals surface area contributed by atoms with Gasteiger partial charge in [-0.25, -0.2) is 9.50 Å². The first-order valence-electron chi connectivity index (χ1n) is 10.3. The number of fused-ring (bicyclic) bond motifs is 1. The molecule has 0 bridgehead atoms. The number of halogens is 1. The van der Waals surface area contributed by atoms with Crippen LogP contribution in [0.5, 0.6) is 0 Å². The molecule has 0 unspecified atom stereocenters. The Hall–Kier alpha value is -1.76. The highest BCUT2D eigenvalue weighted by molar-refractivity contribution is 6.74. The van der Waals surface area contributed by atoms with Crippen LogP contribution in [0, 0.1) is 0 Å². The number of rotatable bonds is 4. The SMILES string of the molecule is CC(C)(C)[Si](C)(C)O[C@H]1CCC[C@H]1c1ccnc(-c2cnc3ccc(Cl)nn23)c1. The second-order valence-electron chi connectivity index (χ2n) is 9.50. The van der Waals surface area contributed by atoms with Crippen molar-refractivity contribution in [1.29, 1.82) is 0 Å². The Morgan fingerprint density at radius 1 is 1.14 bits per heavy atom. The summed E-state index contributed by atoms with van der Waals surface area (Å²) in [6.07, 6.45) is 7.45. The molecule has 0 aliphatic heterocycles. The van der Waals surface area contributed by atoms with E-state index in [4.69, 9.17) is 16.0 Å². The van der Waals surface area contributed by atoms with Gasteiger partial charge < -0.3 is 4.43 Å². The summed E-state index contributed by atoms with van der Waals surface area (Å²) >= 11 is 6.09. The Kier molecular flexibility index (Phi) is 5.30. The van der Waals surface area contributed by atoms with Gasteiger partial charge in [0.25, 0.3) is 0 Å². The summed E-state index contributed by atoms with van der Waals surface area (Å²) in [5.41, 5.74) is 3.76. The van der Waals surface area contributed by atoms with Gasteiger partial charge in [0, 0.05) is 12.1 Å². The molecule has 2 atom stereocenters. The zero-order chi connectivity index (χ0) is 20.8. The van der Waals surface area contributed by atoms with Gasteiger partial charge in [-0.3, -0.25) is 4.98 Å². The molecule has 0 saturated heterocycles. The van der Waals surface area contributed by atoms with Gasteiger partial charge >= 0.3 is 0 Å². The lowest BCUT2D eigenvalue weighted by atomic mass is 9.96. The molecule has 0 aromatic carbocycles. The van der Waals surface area contributed by atoms with Crippen LogP contribution in [0.3, 0.4) is 0 Å². The monoisotopic (exact) mass is 428 g/mol. The quantitative estimate of drug-likeness (QED) is 0.471. The molecule has 1 saturated carbocycles. The van der Waals surface area contributed by atoms with Crippen molar-refractivity contribution >= 4 is 25.6 Å². The van der Waals surface area contributed by atoms with Crippen molar-refractivity contribution in [2.45, 2.75) is 70.2 Å². The minimum atomic E-state index is -1.81. The van der Waals surface area contributed by atoms with Gasteiger partial charge in [-0.15, -0.1) is 0 Å². The zero-order valence-electron chi connectivity index (χ0n) is 17.8. The average Bonchev–Trinajstić information content (AvgIpc) is 3.27. The largest absolute Gasteiger partial charge is 0.413 e. The van der Waals surface area contributed by atoms with Crippen LogP contribution in [0.1, 0.15) is 51.5 Å². The first-order valence-corrected chi connectivity index (χ1v) is 13.6. The molecule has 29 heavy (non-hydrogen) atoms. The third-order valence-corrected chi connectivity index (χ3v) is 11.2. The van der Waals surface area contributed by atoms with Crippen molar-refractivity contribution in [3.05, 3.63) is 47.4 Å². The predicted octanol–water partition coefficient (Wildman–Crippen LogP) is 6.10. The molecule has 3 heterocycles. The summed E-state index contributed by atoms with van der Waals surface area (Å²) in [5.74, 6) is 0.404. The van der Waals surface area contributed by atoms with Gasteiger partial charge in [-0.1, -0.05) is 38.8 Å². The Morgan fingerprint density at radius 2 is 1.93 bits per heavy atom. The van der Waals surface area contributed by atoms with Crippen LogP contribution in [0.2, 0.25) is 23.3 Å². The zero-order valence-corrected chi connectivity index (χ0v) is 19.6. The van der Waals surface area contributed by atoms with E-state index in [1.54, 1.807) is 10.6 Å². The van der Waals surface area contributed by atoms with Crippen molar-refractivity contribution in [3.63, 3.8) is 0 Å². The maximum atomic E-state index is 6.82. The lowest BCUT2D eigenvalue weighted by Crippen LogP contribution is -2.44. The van der Waals surface area contributed by atoms with Crippen LogP contribution in [-0.4, -0.2) is 34.0 Å². The number of hydrogen-bond acceptors (Lipinski definition) is 4. The standard InChI is InChI=1S/C22H29ClN4OSi/c1-22(2,3)29(4,5)28-19-8-6-7-16(19)15-11-12-24-17(13-15)18-14-25-21-10-9-20(23)26-27(18)21/h9-14,16,19H,6-8H2,1-5H3/t16-,19-/m0/s1. The fourth-order valence-electron chi connectivity index (χ4n) is 3.85. The summed E-state index contributed by atoms with van der Waals surface area (Å²) in [6.45, 7) is 11.6. The molecular weight excluding hydrogens is 400 g/mol. The van der Waals surface area contributed by atoms with E-state index in [-0.39, 0.29) is 11.1 Å². The van der Waals surface area contributed by atoms with Gasteiger partial charge in [0.05, 0.1) is 18.0 Å². The molecule has 1 aliphatic carbocycles. The van der Waals surface area contributed by atoms with Crippen molar-refractivity contribution in [2.75, 3.05) is 0 Å². The normalized spacial score (nSPS) is 20.5. The molecule has 7 heteroatoms.